The lowest BCUT2D eigenvalue weighted by molar-refractivity contribution is -0.127. The van der Waals surface area contributed by atoms with Crippen LogP contribution in [0, 0.1) is 0 Å². The van der Waals surface area contributed by atoms with Crippen molar-refractivity contribution in [1.82, 2.24) is 4.90 Å². The van der Waals surface area contributed by atoms with E-state index in [0.29, 0.717) is 22.7 Å². The number of benzene rings is 2. The van der Waals surface area contributed by atoms with Crippen molar-refractivity contribution in [1.29, 1.82) is 0 Å². The molecule has 0 spiro atoms. The van der Waals surface area contributed by atoms with Crippen molar-refractivity contribution in [3.63, 3.8) is 0 Å². The highest BCUT2D eigenvalue weighted by Gasteiger charge is 2.36. The van der Waals surface area contributed by atoms with Crippen LogP contribution >= 0.6 is 27.7 Å². The van der Waals surface area contributed by atoms with Gasteiger partial charge in [-0.25, -0.2) is 0 Å². The molecule has 0 radical (unpaired) electrons. The Hall–Kier alpha value is -3.04. The van der Waals surface area contributed by atoms with Gasteiger partial charge in [0.05, 0.1) is 12.0 Å². The van der Waals surface area contributed by atoms with Crippen molar-refractivity contribution in [2.45, 2.75) is 0 Å². The van der Waals surface area contributed by atoms with E-state index in [1.165, 1.54) is 7.11 Å². The number of amides is 3. The van der Waals surface area contributed by atoms with Crippen molar-refractivity contribution in [2.24, 2.45) is 0 Å². The summed E-state index contributed by atoms with van der Waals surface area (Å²) in [5.74, 6) is -0.0888. The van der Waals surface area contributed by atoms with E-state index in [1.54, 1.807) is 54.6 Å². The molecule has 3 rings (SSSR count). The van der Waals surface area contributed by atoms with Crippen molar-refractivity contribution in [2.75, 3.05) is 25.6 Å². The maximum atomic E-state index is 12.8. The summed E-state index contributed by atoms with van der Waals surface area (Å²) < 4.78 is 11.9. The molecule has 0 saturated carbocycles. The first kappa shape index (κ1) is 22.6. The fourth-order valence-electron chi connectivity index (χ4n) is 2.76. The van der Waals surface area contributed by atoms with Crippen LogP contribution in [0.5, 0.6) is 11.5 Å². The number of imide groups is 1. The van der Waals surface area contributed by atoms with Crippen LogP contribution in [0.1, 0.15) is 5.56 Å². The number of hydrogen-bond acceptors (Lipinski definition) is 6. The molecular weight excluding hydrogens is 484 g/mol. The SMILES string of the molecule is C=CCOc1c(/C=C2\SC(=O)N(CC(=O)Nc3ccc(Br)cc3)C2=O)cccc1OC. The third-order valence-electron chi connectivity index (χ3n) is 4.16. The van der Waals surface area contributed by atoms with Crippen LogP contribution in [-0.2, 0) is 9.59 Å². The molecule has 31 heavy (non-hydrogen) atoms. The molecule has 0 atom stereocenters. The summed E-state index contributed by atoms with van der Waals surface area (Å²) in [5, 5.41) is 2.15. The van der Waals surface area contributed by atoms with Gasteiger partial charge in [-0.3, -0.25) is 19.3 Å². The Morgan fingerprint density at radius 1 is 1.23 bits per heavy atom. The molecule has 0 aromatic heterocycles. The summed E-state index contributed by atoms with van der Waals surface area (Å²) >= 11 is 4.09. The number of nitrogens with zero attached hydrogens (tertiary/aromatic N) is 1. The maximum Gasteiger partial charge on any atom is 0.294 e. The van der Waals surface area contributed by atoms with Crippen LogP contribution in [0.3, 0.4) is 0 Å². The Morgan fingerprint density at radius 3 is 2.65 bits per heavy atom. The van der Waals surface area contributed by atoms with Gasteiger partial charge in [-0.05, 0) is 48.2 Å². The Kier molecular flexibility index (Phi) is 7.54. The van der Waals surface area contributed by atoms with Gasteiger partial charge >= 0.3 is 0 Å². The highest BCUT2D eigenvalue weighted by Crippen LogP contribution is 2.37. The molecule has 1 N–H and O–H groups in total. The molecule has 1 aliphatic heterocycles. The smallest absolute Gasteiger partial charge is 0.294 e. The summed E-state index contributed by atoms with van der Waals surface area (Å²) in [7, 11) is 1.51. The quantitative estimate of drug-likeness (QED) is 0.416. The van der Waals surface area contributed by atoms with Gasteiger partial charge in [0.25, 0.3) is 11.1 Å². The zero-order chi connectivity index (χ0) is 22.4. The van der Waals surface area contributed by atoms with E-state index in [1.807, 2.05) is 0 Å². The minimum Gasteiger partial charge on any atom is -0.493 e. The van der Waals surface area contributed by atoms with E-state index >= 15 is 0 Å². The van der Waals surface area contributed by atoms with Gasteiger partial charge in [0, 0.05) is 15.7 Å². The number of anilines is 1. The molecule has 2 aromatic rings. The molecule has 2 aromatic carbocycles. The number of hydrogen-bond donors (Lipinski definition) is 1. The van der Waals surface area contributed by atoms with E-state index in [9.17, 15) is 14.4 Å². The molecule has 0 bridgehead atoms. The number of ether oxygens (including phenoxy) is 2. The maximum absolute atomic E-state index is 12.8. The highest BCUT2D eigenvalue weighted by atomic mass is 79.9. The number of rotatable bonds is 8. The summed E-state index contributed by atoms with van der Waals surface area (Å²) in [6, 6.07) is 12.2. The summed E-state index contributed by atoms with van der Waals surface area (Å²) in [4.78, 5) is 38.6. The molecule has 1 aliphatic rings. The number of halogens is 1. The van der Waals surface area contributed by atoms with Crippen LogP contribution in [0.25, 0.3) is 6.08 Å². The van der Waals surface area contributed by atoms with Gasteiger partial charge in [-0.15, -0.1) is 0 Å². The predicted octanol–water partition coefficient (Wildman–Crippen LogP) is 4.70. The van der Waals surface area contributed by atoms with E-state index < -0.39 is 17.1 Å². The van der Waals surface area contributed by atoms with Crippen molar-refractivity contribution in [3.8, 4) is 11.5 Å². The van der Waals surface area contributed by atoms with Crippen LogP contribution in [-0.4, -0.2) is 42.2 Å². The predicted molar refractivity (Wildman–Crippen MR) is 124 cm³/mol. The number of carbonyl (C=O) groups is 3. The lowest BCUT2D eigenvalue weighted by Gasteiger charge is -2.13. The van der Waals surface area contributed by atoms with Crippen LogP contribution < -0.4 is 14.8 Å². The van der Waals surface area contributed by atoms with Crippen LogP contribution in [0.4, 0.5) is 10.5 Å². The van der Waals surface area contributed by atoms with Gasteiger partial charge in [-0.2, -0.15) is 0 Å². The Labute approximate surface area is 192 Å². The topological polar surface area (TPSA) is 84.9 Å². The average molecular weight is 503 g/mol. The monoisotopic (exact) mass is 502 g/mol. The van der Waals surface area contributed by atoms with Gasteiger partial charge in [0.1, 0.15) is 13.2 Å². The second kappa shape index (κ2) is 10.3. The molecule has 3 amide bonds. The lowest BCUT2D eigenvalue weighted by Crippen LogP contribution is -2.36. The molecule has 1 saturated heterocycles. The van der Waals surface area contributed by atoms with Gasteiger partial charge in [0.15, 0.2) is 11.5 Å². The van der Waals surface area contributed by atoms with Gasteiger partial charge < -0.3 is 14.8 Å². The minimum absolute atomic E-state index is 0.193. The van der Waals surface area contributed by atoms with Crippen LogP contribution in [0.15, 0.2) is 64.5 Å². The molecule has 1 fully saturated rings. The average Bonchev–Trinajstić information content (AvgIpc) is 3.01. The Bertz CT molecular complexity index is 1050. The Balaban J connectivity index is 1.77. The molecule has 9 heteroatoms. The van der Waals surface area contributed by atoms with E-state index in [0.717, 1.165) is 21.1 Å². The zero-order valence-electron chi connectivity index (χ0n) is 16.6. The molecule has 7 nitrogen and oxygen atoms in total. The third kappa shape index (κ3) is 5.56. The standard InChI is InChI=1S/C22H19BrN2O5S/c1-3-11-30-20-14(5-4-6-17(20)29-2)12-18-21(27)25(22(28)31-18)13-19(26)24-16-9-7-15(23)8-10-16/h3-10,12H,1,11,13H2,2H3,(H,24,26)/b18-12-. The largest absolute Gasteiger partial charge is 0.493 e. The number of carbonyl (C=O) groups excluding carboxylic acids is 3. The van der Waals surface area contributed by atoms with Crippen LogP contribution in [0.2, 0.25) is 0 Å². The van der Waals surface area contributed by atoms with E-state index in [-0.39, 0.29) is 18.1 Å². The second-order valence-corrected chi connectivity index (χ2v) is 8.21. The molecular formula is C22H19BrN2O5S. The second-order valence-electron chi connectivity index (χ2n) is 6.30. The van der Waals surface area contributed by atoms with Crippen molar-refractivity contribution >= 4 is 56.5 Å². The fraction of sp³-hybridized carbons (Fsp3) is 0.136. The first-order chi connectivity index (χ1) is 14.9. The number of nitrogens with one attached hydrogen (secondary N) is 1. The summed E-state index contributed by atoms with van der Waals surface area (Å²) in [6.07, 6.45) is 3.15. The minimum atomic E-state index is -0.543. The van der Waals surface area contributed by atoms with Crippen molar-refractivity contribution in [3.05, 3.63) is 70.1 Å². The highest BCUT2D eigenvalue weighted by molar-refractivity contribution is 9.10. The number of para-hydroxylation sites is 1. The van der Waals surface area contributed by atoms with E-state index in [2.05, 4.69) is 27.8 Å². The number of thioether (sulfide) groups is 1. The molecule has 160 valence electrons. The lowest BCUT2D eigenvalue weighted by atomic mass is 10.1. The summed E-state index contributed by atoms with van der Waals surface area (Å²) in [6.45, 7) is 3.50. The normalized spacial score (nSPS) is 14.6. The van der Waals surface area contributed by atoms with Crippen molar-refractivity contribution < 1.29 is 23.9 Å². The molecule has 0 unspecified atom stereocenters. The summed E-state index contributed by atoms with van der Waals surface area (Å²) in [5.41, 5.74) is 1.14. The van der Waals surface area contributed by atoms with E-state index in [4.69, 9.17) is 9.47 Å². The number of methoxy groups -OCH3 is 1. The first-order valence-electron chi connectivity index (χ1n) is 9.14. The fourth-order valence-corrected chi connectivity index (χ4v) is 3.85. The Morgan fingerprint density at radius 2 is 1.97 bits per heavy atom. The van der Waals surface area contributed by atoms with Gasteiger partial charge in [0.2, 0.25) is 5.91 Å². The third-order valence-corrected chi connectivity index (χ3v) is 5.60. The first-order valence-corrected chi connectivity index (χ1v) is 10.8. The molecule has 1 heterocycles. The van der Waals surface area contributed by atoms with Gasteiger partial charge in [-0.1, -0.05) is 40.7 Å². The zero-order valence-corrected chi connectivity index (χ0v) is 19.0. The molecule has 0 aliphatic carbocycles.